The lowest BCUT2D eigenvalue weighted by atomic mass is 9.84. The van der Waals surface area contributed by atoms with Crippen molar-refractivity contribution in [2.75, 3.05) is 20.3 Å². The van der Waals surface area contributed by atoms with E-state index in [-0.39, 0.29) is 47.4 Å². The van der Waals surface area contributed by atoms with E-state index in [0.29, 0.717) is 31.7 Å². The molecule has 2 aromatic carbocycles. The third kappa shape index (κ3) is 4.87. The first-order chi connectivity index (χ1) is 20.5. The van der Waals surface area contributed by atoms with Gasteiger partial charge in [-0.15, -0.1) is 0 Å². The van der Waals surface area contributed by atoms with Crippen LogP contribution in [0.3, 0.4) is 0 Å². The van der Waals surface area contributed by atoms with E-state index < -0.39 is 62.5 Å². The molecule has 0 spiro atoms. The molecule has 4 unspecified atom stereocenters. The second-order valence-electron chi connectivity index (χ2n) is 11.8. The number of benzene rings is 2. The molecule has 0 aromatic heterocycles. The Morgan fingerprint density at radius 3 is 2.20 bits per heavy atom. The molecule has 0 radical (unpaired) electrons. The Balaban J connectivity index is 1.62. The van der Waals surface area contributed by atoms with Gasteiger partial charge in [-0.1, -0.05) is 37.3 Å². The third-order valence-electron chi connectivity index (χ3n) is 9.52. The molecule has 2 fully saturated rings. The van der Waals surface area contributed by atoms with E-state index in [1.165, 1.54) is 29.2 Å². The average molecular weight is 652 g/mol. The topological polar surface area (TPSA) is 72.9 Å². The number of hydrogen-bond acceptors (Lipinski definition) is 5. The molecule has 2 aromatic rings. The van der Waals surface area contributed by atoms with E-state index in [4.69, 9.17) is 9.47 Å². The number of carbonyl (C=O) groups excluding carboxylic acids is 1. The Labute approximate surface area is 250 Å². The number of nitrogens with zero attached hydrogens (tertiary/aromatic N) is 1. The highest BCUT2D eigenvalue weighted by Crippen LogP contribution is 2.57. The lowest BCUT2D eigenvalue weighted by Gasteiger charge is -2.43. The number of methoxy groups -OCH3 is 1. The fourth-order valence-electron chi connectivity index (χ4n) is 7.07. The summed E-state index contributed by atoms with van der Waals surface area (Å²) < 4.78 is 134. The first-order valence-electron chi connectivity index (χ1n) is 14.2. The molecule has 1 amide bonds. The Hall–Kier alpha value is -2.87. The molecule has 1 saturated carbocycles. The van der Waals surface area contributed by atoms with Gasteiger partial charge in [0.2, 0.25) is 5.91 Å². The summed E-state index contributed by atoms with van der Waals surface area (Å²) in [6, 6.07) is 7.38. The van der Waals surface area contributed by atoms with Crippen LogP contribution in [-0.4, -0.2) is 64.0 Å². The number of sulfone groups is 1. The Morgan fingerprint density at radius 2 is 1.59 bits per heavy atom. The highest BCUT2D eigenvalue weighted by atomic mass is 32.2. The van der Waals surface area contributed by atoms with E-state index in [9.17, 15) is 43.9 Å². The van der Waals surface area contributed by atoms with Crippen molar-refractivity contribution in [1.29, 1.82) is 0 Å². The molecule has 2 aliphatic heterocycles. The molecule has 6 nitrogen and oxygen atoms in total. The van der Waals surface area contributed by atoms with Gasteiger partial charge in [-0.2, -0.15) is 26.3 Å². The summed E-state index contributed by atoms with van der Waals surface area (Å²) in [6.07, 6.45) is -10.6. The highest BCUT2D eigenvalue weighted by molar-refractivity contribution is 7.92. The summed E-state index contributed by atoms with van der Waals surface area (Å²) >= 11 is 0. The van der Waals surface area contributed by atoms with E-state index in [1.807, 2.05) is 6.92 Å². The van der Waals surface area contributed by atoms with Gasteiger partial charge in [0, 0.05) is 30.7 Å². The van der Waals surface area contributed by atoms with Crippen LogP contribution in [0.25, 0.3) is 0 Å². The van der Waals surface area contributed by atoms with Gasteiger partial charge in [-0.25, -0.2) is 12.8 Å². The van der Waals surface area contributed by atoms with Crippen molar-refractivity contribution in [1.82, 2.24) is 4.90 Å². The molecule has 0 N–H and O–H groups in total. The van der Waals surface area contributed by atoms with Crippen molar-refractivity contribution in [3.05, 3.63) is 59.7 Å². The minimum absolute atomic E-state index is 0.0426. The van der Waals surface area contributed by atoms with Gasteiger partial charge < -0.3 is 14.4 Å². The number of fused-ring (bicyclic) bond motifs is 3. The molecule has 242 valence electrons. The van der Waals surface area contributed by atoms with Crippen molar-refractivity contribution in [3.8, 4) is 5.75 Å². The first kappa shape index (κ1) is 32.5. The van der Waals surface area contributed by atoms with Crippen LogP contribution in [0.2, 0.25) is 0 Å². The minimum Gasteiger partial charge on any atom is -0.491 e. The number of halogens is 7. The summed E-state index contributed by atoms with van der Waals surface area (Å²) in [5.74, 6) is -1.16. The predicted octanol–water partition coefficient (Wildman–Crippen LogP) is 6.48. The second-order valence-corrected chi connectivity index (χ2v) is 14.0. The summed E-state index contributed by atoms with van der Waals surface area (Å²) in [7, 11) is -2.83. The lowest BCUT2D eigenvalue weighted by Crippen LogP contribution is -2.56. The van der Waals surface area contributed by atoms with E-state index >= 15 is 0 Å². The number of ether oxygens (including phenoxy) is 2. The maximum Gasteiger partial charge on any atom is 0.435 e. The van der Waals surface area contributed by atoms with Gasteiger partial charge in [0.1, 0.15) is 17.1 Å². The van der Waals surface area contributed by atoms with Crippen LogP contribution in [0.5, 0.6) is 5.75 Å². The number of carbonyl (C=O) groups is 1. The maximum absolute atomic E-state index is 15.0. The monoisotopic (exact) mass is 651 g/mol. The molecule has 5 rings (SSSR count). The SMILES string of the molecule is COC1CC[C@@H](C(=O)N2CCC3(S(=O)(=O)c4ccccc4)c4ccc(C(F)(C(F)(F)F)C(F)(F)F)cc4OCC23)CCC1C. The Kier molecular flexibility index (Phi) is 8.26. The van der Waals surface area contributed by atoms with Crippen molar-refractivity contribution in [2.45, 2.75) is 78.8 Å². The van der Waals surface area contributed by atoms with Gasteiger partial charge in [0.05, 0.1) is 17.0 Å². The van der Waals surface area contributed by atoms with Gasteiger partial charge in [-0.05, 0) is 56.2 Å². The van der Waals surface area contributed by atoms with Crippen LogP contribution < -0.4 is 4.74 Å². The number of alkyl halides is 7. The van der Waals surface area contributed by atoms with Gasteiger partial charge in [-0.3, -0.25) is 4.79 Å². The number of likely N-dealkylation sites (tertiary alicyclic amines) is 1. The molecule has 1 saturated heterocycles. The quantitative estimate of drug-likeness (QED) is 0.274. The summed E-state index contributed by atoms with van der Waals surface area (Å²) in [5.41, 5.74) is -7.74. The van der Waals surface area contributed by atoms with Crippen LogP contribution in [-0.2, 0) is 29.8 Å². The van der Waals surface area contributed by atoms with Gasteiger partial charge >= 0.3 is 18.0 Å². The van der Waals surface area contributed by atoms with Crippen LogP contribution in [0.15, 0.2) is 53.4 Å². The molecule has 3 aliphatic rings. The summed E-state index contributed by atoms with van der Waals surface area (Å²) in [6.45, 7) is 1.45. The van der Waals surface area contributed by atoms with Crippen LogP contribution in [0.1, 0.15) is 50.2 Å². The number of hydrogen-bond donors (Lipinski definition) is 0. The average Bonchev–Trinajstić information content (AvgIpc) is 3.28. The molecule has 5 atom stereocenters. The molecular weight excluding hydrogens is 619 g/mol. The summed E-state index contributed by atoms with van der Waals surface area (Å²) in [4.78, 5) is 15.2. The Morgan fingerprint density at radius 1 is 0.955 bits per heavy atom. The smallest absolute Gasteiger partial charge is 0.435 e. The Bertz CT molecular complexity index is 1480. The van der Waals surface area contributed by atoms with Crippen molar-refractivity contribution in [3.63, 3.8) is 0 Å². The molecule has 0 bridgehead atoms. The van der Waals surface area contributed by atoms with E-state index in [0.717, 1.165) is 6.07 Å². The molecule has 2 heterocycles. The van der Waals surface area contributed by atoms with Crippen molar-refractivity contribution < 1.29 is 53.4 Å². The fourth-order valence-corrected chi connectivity index (χ4v) is 9.38. The standard InChI is InChI=1S/C30H32F7NO5S/c1-18-8-9-19(10-13-23(18)42-2)26(39)38-15-14-27(44(40,41)21-6-4-3-5-7-21)22-12-11-20(16-24(22)43-17-25(27)38)28(31,29(32,33)34)30(35,36)37/h3-7,11-12,16,18-19,23,25H,8-10,13-15,17H2,1-2H3/t18?,19-,23?,25?,27?/m0/s1. The van der Waals surface area contributed by atoms with Crippen LogP contribution in [0.4, 0.5) is 30.7 Å². The van der Waals surface area contributed by atoms with Gasteiger partial charge in [0.15, 0.2) is 9.84 Å². The van der Waals surface area contributed by atoms with E-state index in [2.05, 4.69) is 0 Å². The largest absolute Gasteiger partial charge is 0.491 e. The molecule has 1 aliphatic carbocycles. The van der Waals surface area contributed by atoms with Crippen LogP contribution >= 0.6 is 0 Å². The van der Waals surface area contributed by atoms with E-state index in [1.54, 1.807) is 13.2 Å². The van der Waals surface area contributed by atoms with Crippen molar-refractivity contribution >= 4 is 15.7 Å². The normalized spacial score (nSPS) is 28.1. The zero-order chi connectivity index (χ0) is 32.3. The molecule has 44 heavy (non-hydrogen) atoms. The number of rotatable bonds is 5. The zero-order valence-electron chi connectivity index (χ0n) is 23.9. The summed E-state index contributed by atoms with van der Waals surface area (Å²) in [5, 5.41) is 0. The highest BCUT2D eigenvalue weighted by Gasteiger charge is 2.74. The predicted molar refractivity (Wildman–Crippen MR) is 144 cm³/mol. The van der Waals surface area contributed by atoms with Crippen molar-refractivity contribution in [2.24, 2.45) is 11.8 Å². The lowest BCUT2D eigenvalue weighted by molar-refractivity contribution is -0.348. The van der Waals surface area contributed by atoms with Gasteiger partial charge in [0.25, 0.3) is 0 Å². The maximum atomic E-state index is 15.0. The zero-order valence-corrected chi connectivity index (χ0v) is 24.7. The number of amides is 1. The molecule has 14 heteroatoms. The second kappa shape index (κ2) is 11.2. The first-order valence-corrected chi connectivity index (χ1v) is 15.7. The fraction of sp³-hybridized carbons (Fsp3) is 0.567. The van der Waals surface area contributed by atoms with Crippen LogP contribution in [0, 0.1) is 11.8 Å². The molecular formula is C30H32F7NO5S. The third-order valence-corrected chi connectivity index (χ3v) is 12.1. The minimum atomic E-state index is -6.36.